The van der Waals surface area contributed by atoms with Gasteiger partial charge in [0.25, 0.3) is 0 Å². The molecule has 0 N–H and O–H groups in total. The third kappa shape index (κ3) is 4.57. The van der Waals surface area contributed by atoms with Crippen LogP contribution in [0.15, 0.2) is 200 Å². The maximum atomic E-state index is 2.48. The summed E-state index contributed by atoms with van der Waals surface area (Å²) in [5.74, 6) is 0. The molecule has 0 unspecified atom stereocenters. The lowest BCUT2D eigenvalue weighted by atomic mass is 9.55. The first kappa shape index (κ1) is 31.3. The van der Waals surface area contributed by atoms with Gasteiger partial charge in [-0.05, 0) is 79.9 Å². The topological polar surface area (TPSA) is 3.24 Å². The highest BCUT2D eigenvalue weighted by molar-refractivity contribution is 5.96. The number of hydrogen-bond donors (Lipinski definition) is 0. The number of rotatable bonds is 5. The van der Waals surface area contributed by atoms with E-state index in [1.807, 2.05) is 0 Å². The number of nitrogens with zero attached hydrogens (tertiary/aromatic N) is 1. The van der Waals surface area contributed by atoms with Crippen LogP contribution >= 0.6 is 0 Å². The summed E-state index contributed by atoms with van der Waals surface area (Å²) in [5, 5.41) is 0. The molecule has 0 saturated carbocycles. The Hall–Kier alpha value is -6.44. The smallest absolute Gasteiger partial charge is 0.0719 e. The summed E-state index contributed by atoms with van der Waals surface area (Å²) in [6.45, 7) is 4.77. The molecule has 252 valence electrons. The molecule has 0 aliphatic heterocycles. The molecule has 0 aromatic heterocycles. The monoisotopic (exact) mass is 677 g/mol. The predicted molar refractivity (Wildman–Crippen MR) is 221 cm³/mol. The van der Waals surface area contributed by atoms with Gasteiger partial charge in [0.05, 0.1) is 16.8 Å². The van der Waals surface area contributed by atoms with Gasteiger partial charge in [-0.2, -0.15) is 0 Å². The van der Waals surface area contributed by atoms with Crippen LogP contribution in [0.1, 0.15) is 47.2 Å². The largest absolute Gasteiger partial charge is 0.309 e. The molecule has 0 bridgehead atoms. The Balaban J connectivity index is 1.27. The van der Waals surface area contributed by atoms with E-state index in [1.165, 1.54) is 66.8 Å². The molecule has 0 heterocycles. The van der Waals surface area contributed by atoms with Crippen molar-refractivity contribution in [3.63, 3.8) is 0 Å². The average Bonchev–Trinajstić information content (AvgIpc) is 3.52. The summed E-state index contributed by atoms with van der Waals surface area (Å²) in [6.07, 6.45) is 0. The second kappa shape index (κ2) is 12.1. The SMILES string of the molecule is CC1(C)c2ccccc2C2(c3ccccc3-c3cc(N(c4ccccc4-c4ccccc4)c4ccccc4-c4ccccc4)ccc32)c2ccccc21. The molecule has 1 spiro atoms. The number of anilines is 3. The first-order valence-corrected chi connectivity index (χ1v) is 18.6. The molecule has 1 heteroatoms. The van der Waals surface area contributed by atoms with Crippen LogP contribution in [-0.4, -0.2) is 0 Å². The Bertz CT molecular complexity index is 2520. The molecule has 2 aliphatic rings. The van der Waals surface area contributed by atoms with E-state index >= 15 is 0 Å². The van der Waals surface area contributed by atoms with Gasteiger partial charge in [0.2, 0.25) is 0 Å². The van der Waals surface area contributed by atoms with Crippen molar-refractivity contribution in [2.45, 2.75) is 24.7 Å². The predicted octanol–water partition coefficient (Wildman–Crippen LogP) is 13.5. The van der Waals surface area contributed by atoms with Crippen molar-refractivity contribution in [3.8, 4) is 33.4 Å². The standard InChI is InChI=1S/C52H39N/c1-51(2)45-27-13-15-29-47(45)52(48-30-16-14-28-46(48)51)43-26-12-9-25-41(43)42-35-38(33-34-44(42)52)53(49-31-17-10-23-39(49)36-19-5-3-6-20-36)50-32-18-11-24-40(50)37-21-7-4-8-22-37/h3-35H,1-2H3. The number of fused-ring (bicyclic) bond motifs is 9. The molecule has 0 fully saturated rings. The van der Waals surface area contributed by atoms with Crippen molar-refractivity contribution >= 4 is 17.1 Å². The highest BCUT2D eigenvalue weighted by Gasteiger charge is 2.53. The summed E-state index contributed by atoms with van der Waals surface area (Å²) in [7, 11) is 0. The minimum absolute atomic E-state index is 0.130. The minimum Gasteiger partial charge on any atom is -0.309 e. The zero-order chi connectivity index (χ0) is 35.6. The highest BCUT2D eigenvalue weighted by Crippen LogP contribution is 2.62. The average molecular weight is 678 g/mol. The van der Waals surface area contributed by atoms with Crippen molar-refractivity contribution in [2.24, 2.45) is 0 Å². The van der Waals surface area contributed by atoms with E-state index in [0.717, 1.165) is 17.1 Å². The summed E-state index contributed by atoms with van der Waals surface area (Å²) in [4.78, 5) is 2.48. The molecule has 0 saturated heterocycles. The fourth-order valence-electron chi connectivity index (χ4n) is 9.46. The molecular formula is C52H39N. The molecule has 53 heavy (non-hydrogen) atoms. The van der Waals surface area contributed by atoms with E-state index in [4.69, 9.17) is 0 Å². The zero-order valence-corrected chi connectivity index (χ0v) is 30.0. The molecule has 10 rings (SSSR count). The van der Waals surface area contributed by atoms with Crippen LogP contribution in [0.2, 0.25) is 0 Å². The quantitative estimate of drug-likeness (QED) is 0.175. The molecule has 1 nitrogen and oxygen atoms in total. The lowest BCUT2D eigenvalue weighted by Crippen LogP contribution is -2.40. The van der Waals surface area contributed by atoms with Crippen LogP contribution in [-0.2, 0) is 10.8 Å². The van der Waals surface area contributed by atoms with E-state index in [9.17, 15) is 0 Å². The van der Waals surface area contributed by atoms with Crippen LogP contribution in [0.5, 0.6) is 0 Å². The molecule has 0 radical (unpaired) electrons. The Morgan fingerprint density at radius 1 is 0.321 bits per heavy atom. The van der Waals surface area contributed by atoms with Gasteiger partial charge in [0.1, 0.15) is 0 Å². The normalized spacial score (nSPS) is 14.2. The lowest BCUT2D eigenvalue weighted by molar-refractivity contribution is 0.563. The Morgan fingerprint density at radius 2 is 0.717 bits per heavy atom. The maximum Gasteiger partial charge on any atom is 0.0719 e. The molecule has 8 aromatic rings. The number of hydrogen-bond acceptors (Lipinski definition) is 1. The summed E-state index contributed by atoms with van der Waals surface area (Å²) >= 11 is 0. The van der Waals surface area contributed by atoms with Gasteiger partial charge in [-0.25, -0.2) is 0 Å². The van der Waals surface area contributed by atoms with Crippen molar-refractivity contribution in [1.82, 2.24) is 0 Å². The fourth-order valence-corrected chi connectivity index (χ4v) is 9.46. The zero-order valence-electron chi connectivity index (χ0n) is 30.0. The van der Waals surface area contributed by atoms with Gasteiger partial charge in [-0.1, -0.05) is 190 Å². The Labute approximate surface area is 312 Å². The second-order valence-electron chi connectivity index (χ2n) is 14.8. The van der Waals surface area contributed by atoms with Crippen molar-refractivity contribution in [3.05, 3.63) is 234 Å². The van der Waals surface area contributed by atoms with E-state index in [0.29, 0.717) is 0 Å². The van der Waals surface area contributed by atoms with Crippen molar-refractivity contribution in [2.75, 3.05) is 4.90 Å². The second-order valence-corrected chi connectivity index (χ2v) is 14.8. The van der Waals surface area contributed by atoms with Gasteiger partial charge >= 0.3 is 0 Å². The highest BCUT2D eigenvalue weighted by atomic mass is 15.1. The van der Waals surface area contributed by atoms with Crippen LogP contribution in [0.3, 0.4) is 0 Å². The van der Waals surface area contributed by atoms with Gasteiger partial charge in [0, 0.05) is 22.2 Å². The molecule has 0 amide bonds. The first-order chi connectivity index (χ1) is 26.1. The lowest BCUT2D eigenvalue weighted by Gasteiger charge is -2.46. The molecule has 8 aromatic carbocycles. The van der Waals surface area contributed by atoms with E-state index in [1.54, 1.807) is 0 Å². The maximum absolute atomic E-state index is 2.48. The van der Waals surface area contributed by atoms with Gasteiger partial charge in [-0.15, -0.1) is 0 Å². The van der Waals surface area contributed by atoms with E-state index < -0.39 is 5.41 Å². The van der Waals surface area contributed by atoms with Crippen LogP contribution in [0, 0.1) is 0 Å². The Morgan fingerprint density at radius 3 is 1.25 bits per heavy atom. The molecular weight excluding hydrogens is 639 g/mol. The van der Waals surface area contributed by atoms with Crippen LogP contribution in [0.4, 0.5) is 17.1 Å². The molecule has 0 atom stereocenters. The van der Waals surface area contributed by atoms with Crippen molar-refractivity contribution < 1.29 is 0 Å². The fraction of sp³-hybridized carbons (Fsp3) is 0.0769. The summed E-state index contributed by atoms with van der Waals surface area (Å²) < 4.78 is 0. The van der Waals surface area contributed by atoms with Crippen LogP contribution < -0.4 is 4.90 Å². The summed E-state index contributed by atoms with van der Waals surface area (Å²) in [6, 6.07) is 73.9. The van der Waals surface area contributed by atoms with E-state index in [2.05, 4.69) is 219 Å². The van der Waals surface area contributed by atoms with Gasteiger partial charge < -0.3 is 4.90 Å². The van der Waals surface area contributed by atoms with Crippen molar-refractivity contribution in [1.29, 1.82) is 0 Å². The van der Waals surface area contributed by atoms with Gasteiger partial charge in [0.15, 0.2) is 0 Å². The minimum atomic E-state index is -0.429. The number of benzene rings is 8. The van der Waals surface area contributed by atoms with Gasteiger partial charge in [-0.3, -0.25) is 0 Å². The third-order valence-electron chi connectivity index (χ3n) is 11.8. The third-order valence-corrected chi connectivity index (χ3v) is 11.8. The first-order valence-electron chi connectivity index (χ1n) is 18.6. The van der Waals surface area contributed by atoms with E-state index in [-0.39, 0.29) is 5.41 Å². The molecule has 2 aliphatic carbocycles. The van der Waals surface area contributed by atoms with Crippen LogP contribution in [0.25, 0.3) is 33.4 Å². The summed E-state index contributed by atoms with van der Waals surface area (Å²) in [5.41, 5.74) is 18.4. The number of para-hydroxylation sites is 2. The Kier molecular flexibility index (Phi) is 7.13.